The van der Waals surface area contributed by atoms with Crippen LogP contribution in [-0.4, -0.2) is 30.4 Å². The van der Waals surface area contributed by atoms with Gasteiger partial charge in [0.2, 0.25) is 0 Å². The van der Waals surface area contributed by atoms with Crippen LogP contribution in [0, 0.1) is 6.92 Å². The molecule has 168 valence electrons. The number of rotatable bonds is 6. The van der Waals surface area contributed by atoms with Crippen LogP contribution < -0.4 is 5.32 Å². The van der Waals surface area contributed by atoms with E-state index in [9.17, 15) is 13.2 Å². The Morgan fingerprint density at radius 3 is 2.18 bits per heavy atom. The highest BCUT2D eigenvalue weighted by Gasteiger charge is 2.21. The van der Waals surface area contributed by atoms with Crippen LogP contribution >= 0.6 is 0 Å². The van der Waals surface area contributed by atoms with Gasteiger partial charge in [0, 0.05) is 18.0 Å². The Bertz CT molecular complexity index is 1380. The highest BCUT2D eigenvalue weighted by atomic mass is 32.2. The van der Waals surface area contributed by atoms with Crippen molar-refractivity contribution < 1.29 is 13.2 Å². The molecule has 1 aromatic heterocycles. The second-order valence-corrected chi connectivity index (χ2v) is 10.1. The average Bonchev–Trinajstić information content (AvgIpc) is 3.25. The predicted octanol–water partition coefficient (Wildman–Crippen LogP) is 4.74. The molecule has 1 unspecified atom stereocenters. The van der Waals surface area contributed by atoms with Crippen LogP contribution in [0.25, 0.3) is 16.9 Å². The standard InChI is InChI=1S/C26H25N3O3S/c1-18-9-11-21(12-10-18)25-24(17-29(28-25)22-7-5-4-6-8-22)26(30)27-19(2)20-13-15-23(16-14-20)33(3,31)32/h4-17,19H,1-3H3,(H,27,30). The molecule has 3 aromatic carbocycles. The summed E-state index contributed by atoms with van der Waals surface area (Å²) in [6.45, 7) is 3.87. The molecular weight excluding hydrogens is 434 g/mol. The molecule has 7 heteroatoms. The van der Waals surface area contributed by atoms with Crippen LogP contribution in [0.4, 0.5) is 0 Å². The van der Waals surface area contributed by atoms with Crippen molar-refractivity contribution in [2.24, 2.45) is 0 Å². The van der Waals surface area contributed by atoms with Crippen molar-refractivity contribution >= 4 is 15.7 Å². The van der Waals surface area contributed by atoms with Gasteiger partial charge in [-0.25, -0.2) is 13.1 Å². The number of amides is 1. The minimum absolute atomic E-state index is 0.246. The molecule has 0 aliphatic rings. The second kappa shape index (κ2) is 9.03. The van der Waals surface area contributed by atoms with Gasteiger partial charge < -0.3 is 5.32 Å². The molecule has 0 radical (unpaired) electrons. The zero-order chi connectivity index (χ0) is 23.6. The monoisotopic (exact) mass is 459 g/mol. The fraction of sp³-hybridized carbons (Fsp3) is 0.154. The highest BCUT2D eigenvalue weighted by Crippen LogP contribution is 2.25. The summed E-state index contributed by atoms with van der Waals surface area (Å²) in [7, 11) is -3.27. The van der Waals surface area contributed by atoms with Crippen molar-refractivity contribution in [1.82, 2.24) is 15.1 Å². The third kappa shape index (κ3) is 5.04. The Balaban J connectivity index is 1.66. The summed E-state index contributed by atoms with van der Waals surface area (Å²) >= 11 is 0. The van der Waals surface area contributed by atoms with Crippen molar-refractivity contribution in [1.29, 1.82) is 0 Å². The minimum Gasteiger partial charge on any atom is -0.345 e. The van der Waals surface area contributed by atoms with Crippen molar-refractivity contribution in [2.75, 3.05) is 6.26 Å². The van der Waals surface area contributed by atoms with E-state index in [-0.39, 0.29) is 16.8 Å². The van der Waals surface area contributed by atoms with Gasteiger partial charge in [0.05, 0.1) is 22.2 Å². The minimum atomic E-state index is -3.27. The van der Waals surface area contributed by atoms with Crippen molar-refractivity contribution in [3.63, 3.8) is 0 Å². The maximum Gasteiger partial charge on any atom is 0.255 e. The Hall–Kier alpha value is -3.71. The third-order valence-electron chi connectivity index (χ3n) is 5.46. The predicted molar refractivity (Wildman–Crippen MR) is 129 cm³/mol. The summed E-state index contributed by atoms with van der Waals surface area (Å²) < 4.78 is 25.1. The van der Waals surface area contributed by atoms with Gasteiger partial charge in [-0.1, -0.05) is 60.2 Å². The van der Waals surface area contributed by atoms with Crippen molar-refractivity contribution in [3.05, 3.63) is 102 Å². The summed E-state index contributed by atoms with van der Waals surface area (Å²) in [6.07, 6.45) is 2.91. The maximum absolute atomic E-state index is 13.3. The lowest BCUT2D eigenvalue weighted by molar-refractivity contribution is 0.0940. The molecule has 0 spiro atoms. The zero-order valence-corrected chi connectivity index (χ0v) is 19.5. The van der Waals surface area contributed by atoms with Gasteiger partial charge in [-0.05, 0) is 43.7 Å². The molecule has 0 bridgehead atoms. The molecule has 0 saturated heterocycles. The molecular formula is C26H25N3O3S. The maximum atomic E-state index is 13.3. The fourth-order valence-electron chi connectivity index (χ4n) is 3.54. The Kier molecular flexibility index (Phi) is 6.16. The van der Waals surface area contributed by atoms with E-state index < -0.39 is 9.84 Å². The molecule has 1 N–H and O–H groups in total. The van der Waals surface area contributed by atoms with Gasteiger partial charge in [-0.2, -0.15) is 5.10 Å². The normalized spacial score (nSPS) is 12.3. The molecule has 6 nitrogen and oxygen atoms in total. The summed E-state index contributed by atoms with van der Waals surface area (Å²) in [5.41, 5.74) is 4.69. The van der Waals surface area contributed by atoms with Gasteiger partial charge >= 0.3 is 0 Å². The first-order valence-corrected chi connectivity index (χ1v) is 12.4. The second-order valence-electron chi connectivity index (χ2n) is 8.07. The molecule has 33 heavy (non-hydrogen) atoms. The summed E-state index contributed by atoms with van der Waals surface area (Å²) in [5.74, 6) is -0.257. The number of nitrogens with zero attached hydrogens (tertiary/aromatic N) is 2. The third-order valence-corrected chi connectivity index (χ3v) is 6.59. The number of nitrogens with one attached hydrogen (secondary N) is 1. The Morgan fingerprint density at radius 1 is 0.939 bits per heavy atom. The lowest BCUT2D eigenvalue weighted by atomic mass is 10.0. The SMILES string of the molecule is Cc1ccc(-c2nn(-c3ccccc3)cc2C(=O)NC(C)c2ccc(S(C)(=O)=O)cc2)cc1. The topological polar surface area (TPSA) is 81.1 Å². The molecule has 1 heterocycles. The molecule has 0 aliphatic heterocycles. The summed E-state index contributed by atoms with van der Waals surface area (Å²) in [6, 6.07) is 23.7. The molecule has 0 aliphatic carbocycles. The Labute approximate surface area is 193 Å². The largest absolute Gasteiger partial charge is 0.345 e. The van der Waals surface area contributed by atoms with Crippen LogP contribution in [0.2, 0.25) is 0 Å². The molecule has 4 rings (SSSR count). The molecule has 0 fully saturated rings. The van der Waals surface area contributed by atoms with Crippen LogP contribution in [0.15, 0.2) is 90.0 Å². The fourth-order valence-corrected chi connectivity index (χ4v) is 4.17. The Morgan fingerprint density at radius 2 is 1.58 bits per heavy atom. The number of carbonyl (C=O) groups excluding carboxylic acids is 1. The van der Waals surface area contributed by atoms with Crippen LogP contribution in [0.1, 0.15) is 34.5 Å². The number of aryl methyl sites for hydroxylation is 1. The summed E-state index contributed by atoms with van der Waals surface area (Å²) in [4.78, 5) is 13.5. The summed E-state index contributed by atoms with van der Waals surface area (Å²) in [5, 5.41) is 7.72. The van der Waals surface area contributed by atoms with Crippen LogP contribution in [0.3, 0.4) is 0 Å². The van der Waals surface area contributed by atoms with Gasteiger partial charge in [0.25, 0.3) is 5.91 Å². The molecule has 0 saturated carbocycles. The average molecular weight is 460 g/mol. The molecule has 4 aromatic rings. The van der Waals surface area contributed by atoms with Gasteiger partial charge in [0.1, 0.15) is 5.69 Å². The lowest BCUT2D eigenvalue weighted by Crippen LogP contribution is -2.26. The number of hydrogen-bond acceptors (Lipinski definition) is 4. The molecule has 1 amide bonds. The highest BCUT2D eigenvalue weighted by molar-refractivity contribution is 7.90. The molecule has 1 atom stereocenters. The number of aromatic nitrogens is 2. The van der Waals surface area contributed by atoms with Crippen LogP contribution in [0.5, 0.6) is 0 Å². The smallest absolute Gasteiger partial charge is 0.255 e. The number of sulfone groups is 1. The lowest BCUT2D eigenvalue weighted by Gasteiger charge is -2.15. The number of benzene rings is 3. The number of carbonyl (C=O) groups is 1. The van der Waals surface area contributed by atoms with Crippen LogP contribution in [-0.2, 0) is 9.84 Å². The van der Waals surface area contributed by atoms with Gasteiger partial charge in [0.15, 0.2) is 9.84 Å². The van der Waals surface area contributed by atoms with E-state index in [1.807, 2.05) is 68.4 Å². The van der Waals surface area contributed by atoms with Crippen molar-refractivity contribution in [2.45, 2.75) is 24.8 Å². The van der Waals surface area contributed by atoms with E-state index in [0.29, 0.717) is 11.3 Å². The van der Waals surface area contributed by atoms with Gasteiger partial charge in [-0.3, -0.25) is 4.79 Å². The van der Waals surface area contributed by atoms with E-state index in [0.717, 1.165) is 22.4 Å². The van der Waals surface area contributed by atoms with E-state index in [1.54, 1.807) is 35.1 Å². The van der Waals surface area contributed by atoms with Gasteiger partial charge in [-0.15, -0.1) is 0 Å². The first-order valence-electron chi connectivity index (χ1n) is 10.6. The zero-order valence-electron chi connectivity index (χ0n) is 18.7. The quantitative estimate of drug-likeness (QED) is 0.451. The first kappa shape index (κ1) is 22.5. The first-order chi connectivity index (χ1) is 15.7. The van der Waals surface area contributed by atoms with E-state index in [4.69, 9.17) is 5.10 Å². The van der Waals surface area contributed by atoms with Crippen molar-refractivity contribution in [3.8, 4) is 16.9 Å². The number of hydrogen-bond donors (Lipinski definition) is 1. The van der Waals surface area contributed by atoms with E-state index in [2.05, 4.69) is 5.32 Å². The number of para-hydroxylation sites is 1. The van der Waals surface area contributed by atoms with E-state index in [1.165, 1.54) is 6.26 Å². The van der Waals surface area contributed by atoms with E-state index >= 15 is 0 Å².